The fraction of sp³-hybridized carbons (Fsp3) is 0.480. The van der Waals surface area contributed by atoms with E-state index in [0.717, 1.165) is 51.0 Å². The van der Waals surface area contributed by atoms with E-state index in [-0.39, 0.29) is 29.4 Å². The maximum atomic E-state index is 13.9. The average Bonchev–Trinajstić information content (AvgIpc) is 3.30. The first-order chi connectivity index (χ1) is 16.8. The van der Waals surface area contributed by atoms with Crippen LogP contribution >= 0.6 is 0 Å². The molecule has 0 aliphatic carbocycles. The Labute approximate surface area is 200 Å². The number of benzene rings is 1. The van der Waals surface area contributed by atoms with Crippen molar-refractivity contribution in [3.63, 3.8) is 0 Å². The zero-order chi connectivity index (χ0) is 24.6. The molecule has 2 aromatic heterocycles. The third-order valence-corrected chi connectivity index (χ3v) is 7.03. The van der Waals surface area contributed by atoms with Crippen LogP contribution in [0.4, 0.5) is 13.2 Å². The van der Waals surface area contributed by atoms with Gasteiger partial charge < -0.3 is 9.47 Å². The van der Waals surface area contributed by atoms with Crippen molar-refractivity contribution >= 4 is 11.6 Å². The number of halogens is 3. The van der Waals surface area contributed by atoms with Crippen molar-refractivity contribution in [2.45, 2.75) is 44.3 Å². The van der Waals surface area contributed by atoms with E-state index in [0.29, 0.717) is 21.9 Å². The molecule has 10 heteroatoms. The van der Waals surface area contributed by atoms with Gasteiger partial charge >= 0.3 is 12.1 Å². The Kier molecular flexibility index (Phi) is 6.39. The summed E-state index contributed by atoms with van der Waals surface area (Å²) >= 11 is 0. The average molecular weight is 489 g/mol. The topological polar surface area (TPSA) is 69.0 Å². The van der Waals surface area contributed by atoms with E-state index in [1.807, 2.05) is 0 Å². The number of carbonyl (C=O) groups excluding carboxylic acids is 1. The lowest BCUT2D eigenvalue weighted by Gasteiger charge is -2.44. The number of hydrogen-bond acceptors (Lipinski definition) is 6. The van der Waals surface area contributed by atoms with Crippen LogP contribution in [0.25, 0.3) is 16.9 Å². The molecule has 2 atom stereocenters. The summed E-state index contributed by atoms with van der Waals surface area (Å²) in [4.78, 5) is 19.8. The summed E-state index contributed by atoms with van der Waals surface area (Å²) in [5.74, 6) is 0.0857. The number of esters is 1. The maximum absolute atomic E-state index is 13.9. The summed E-state index contributed by atoms with van der Waals surface area (Å²) in [5, 5.41) is 3.83. The van der Waals surface area contributed by atoms with Gasteiger partial charge in [-0.25, -0.2) is 14.3 Å². The quantitative estimate of drug-likeness (QED) is 0.479. The molecule has 3 aromatic rings. The molecular formula is C25H27F3N4O3. The van der Waals surface area contributed by atoms with Gasteiger partial charge in [0.1, 0.15) is 11.3 Å². The highest BCUT2D eigenvalue weighted by Gasteiger charge is 2.37. The number of alkyl halides is 3. The molecule has 1 aromatic carbocycles. The fourth-order valence-corrected chi connectivity index (χ4v) is 5.25. The third kappa shape index (κ3) is 4.71. The number of methoxy groups -OCH3 is 1. The van der Waals surface area contributed by atoms with Crippen LogP contribution < -0.4 is 4.74 Å². The number of fused-ring (bicyclic) bond motifs is 2. The molecule has 2 fully saturated rings. The molecule has 0 spiro atoms. The van der Waals surface area contributed by atoms with Crippen molar-refractivity contribution in [2.24, 2.45) is 5.92 Å². The second-order valence-electron chi connectivity index (χ2n) is 9.15. The lowest BCUT2D eigenvalue weighted by molar-refractivity contribution is -0.142. The van der Waals surface area contributed by atoms with Crippen LogP contribution in [0.2, 0.25) is 0 Å². The Hall–Kier alpha value is -3.14. The summed E-state index contributed by atoms with van der Waals surface area (Å²) in [6, 6.07) is 7.83. The van der Waals surface area contributed by atoms with E-state index >= 15 is 0 Å². The van der Waals surface area contributed by atoms with Gasteiger partial charge in [0.2, 0.25) is 0 Å². The fourth-order valence-electron chi connectivity index (χ4n) is 5.25. The zero-order valence-corrected chi connectivity index (χ0v) is 19.4. The van der Waals surface area contributed by atoms with Gasteiger partial charge in [-0.1, -0.05) is 6.42 Å². The smallest absolute Gasteiger partial charge is 0.433 e. The Bertz CT molecular complexity index is 1210. The highest BCUT2D eigenvalue weighted by molar-refractivity contribution is 5.96. The minimum Gasteiger partial charge on any atom is -0.497 e. The Morgan fingerprint density at radius 3 is 2.63 bits per heavy atom. The van der Waals surface area contributed by atoms with Crippen molar-refractivity contribution in [1.82, 2.24) is 19.5 Å². The molecule has 7 nitrogen and oxygen atoms in total. The summed E-state index contributed by atoms with van der Waals surface area (Å²) in [6.07, 6.45) is 1.87. The molecule has 2 aliphatic rings. The highest BCUT2D eigenvalue weighted by Crippen LogP contribution is 2.34. The predicted molar refractivity (Wildman–Crippen MR) is 122 cm³/mol. The van der Waals surface area contributed by atoms with E-state index in [1.54, 1.807) is 24.3 Å². The molecule has 4 heterocycles. The largest absolute Gasteiger partial charge is 0.497 e. The van der Waals surface area contributed by atoms with Crippen LogP contribution in [-0.4, -0.2) is 58.3 Å². The third-order valence-electron chi connectivity index (χ3n) is 7.03. The van der Waals surface area contributed by atoms with E-state index in [4.69, 9.17) is 9.47 Å². The van der Waals surface area contributed by atoms with Crippen LogP contribution in [-0.2, 0) is 10.9 Å². The van der Waals surface area contributed by atoms with Gasteiger partial charge in [0.05, 0.1) is 25.6 Å². The molecule has 2 saturated heterocycles. The van der Waals surface area contributed by atoms with Crippen molar-refractivity contribution in [1.29, 1.82) is 0 Å². The molecular weight excluding hydrogens is 461 g/mol. The van der Waals surface area contributed by atoms with Gasteiger partial charge in [-0.05, 0) is 69.1 Å². The van der Waals surface area contributed by atoms with Crippen LogP contribution in [0, 0.1) is 5.92 Å². The van der Waals surface area contributed by atoms with Gasteiger partial charge in [0, 0.05) is 17.5 Å². The number of piperidine rings is 2. The summed E-state index contributed by atoms with van der Waals surface area (Å²) in [6.45, 7) is 2.38. The first-order valence-electron chi connectivity index (χ1n) is 11.9. The van der Waals surface area contributed by atoms with Crippen LogP contribution in [0.1, 0.15) is 48.2 Å². The molecule has 5 rings (SSSR count). The number of aromatic nitrogens is 3. The van der Waals surface area contributed by atoms with E-state index in [2.05, 4.69) is 15.0 Å². The standard InChI is InChI=1S/C25H27F3N4O3/c1-34-18-9-7-16(8-10-18)20-13-22(25(26,27)28)32-23(30-20)19(14-29-32)24(33)35-15-17-5-4-12-31-11-3-2-6-21(17)31/h7-10,13-14,17,21H,2-6,11-12,15H2,1H3/t17-,21+/m1/s1. The monoisotopic (exact) mass is 488 g/mol. The molecule has 0 bridgehead atoms. The van der Waals surface area contributed by atoms with Crippen molar-refractivity contribution in [2.75, 3.05) is 26.8 Å². The Morgan fingerprint density at radius 1 is 1.11 bits per heavy atom. The number of carbonyl (C=O) groups is 1. The SMILES string of the molecule is COc1ccc(-c2cc(C(F)(F)F)n3ncc(C(=O)OC[C@H]4CCCN5CCCC[C@@H]45)c3n2)cc1. The molecule has 0 saturated carbocycles. The second kappa shape index (κ2) is 9.49. The van der Waals surface area contributed by atoms with Crippen LogP contribution in [0.5, 0.6) is 5.75 Å². The van der Waals surface area contributed by atoms with E-state index in [9.17, 15) is 18.0 Å². The van der Waals surface area contributed by atoms with Gasteiger partial charge in [-0.15, -0.1) is 0 Å². The van der Waals surface area contributed by atoms with Gasteiger partial charge in [-0.3, -0.25) is 4.90 Å². The molecule has 2 aliphatic heterocycles. The normalized spacial score (nSPS) is 21.0. The van der Waals surface area contributed by atoms with Crippen molar-refractivity contribution in [3.05, 3.63) is 47.8 Å². The van der Waals surface area contributed by atoms with Gasteiger partial charge in [-0.2, -0.15) is 18.3 Å². The van der Waals surface area contributed by atoms with E-state index in [1.165, 1.54) is 13.5 Å². The lowest BCUT2D eigenvalue weighted by atomic mass is 9.84. The first-order valence-corrected chi connectivity index (χ1v) is 11.9. The lowest BCUT2D eigenvalue weighted by Crippen LogP contribution is -2.49. The highest BCUT2D eigenvalue weighted by atomic mass is 19.4. The summed E-state index contributed by atoms with van der Waals surface area (Å²) in [7, 11) is 1.50. The van der Waals surface area contributed by atoms with E-state index < -0.39 is 17.8 Å². The second-order valence-corrected chi connectivity index (χ2v) is 9.15. The molecule has 186 valence electrons. The van der Waals surface area contributed by atoms with Gasteiger partial charge in [0.15, 0.2) is 11.3 Å². The molecule has 0 N–H and O–H groups in total. The van der Waals surface area contributed by atoms with Crippen molar-refractivity contribution < 1.29 is 27.4 Å². The molecule has 35 heavy (non-hydrogen) atoms. The Morgan fingerprint density at radius 2 is 1.89 bits per heavy atom. The maximum Gasteiger partial charge on any atom is 0.433 e. The molecule has 0 radical (unpaired) electrons. The van der Waals surface area contributed by atoms with Crippen LogP contribution in [0.15, 0.2) is 36.5 Å². The zero-order valence-electron chi connectivity index (χ0n) is 19.4. The first kappa shape index (κ1) is 23.6. The minimum atomic E-state index is -4.69. The van der Waals surface area contributed by atoms with Gasteiger partial charge in [0.25, 0.3) is 0 Å². The van der Waals surface area contributed by atoms with Crippen LogP contribution in [0.3, 0.4) is 0 Å². The number of hydrogen-bond donors (Lipinski definition) is 0. The predicted octanol–water partition coefficient (Wildman–Crippen LogP) is 4.85. The Balaban J connectivity index is 1.44. The number of nitrogens with zero attached hydrogens (tertiary/aromatic N) is 4. The number of rotatable bonds is 5. The summed E-state index contributed by atoms with van der Waals surface area (Å²) < 4.78 is 53.0. The molecule has 0 amide bonds. The molecule has 0 unspecified atom stereocenters. The summed E-state index contributed by atoms with van der Waals surface area (Å²) in [5.41, 5.74) is -0.746. The van der Waals surface area contributed by atoms with Crippen molar-refractivity contribution in [3.8, 4) is 17.0 Å². The number of ether oxygens (including phenoxy) is 2. The minimum absolute atomic E-state index is 0.0761.